The third-order valence-corrected chi connectivity index (χ3v) is 4.62. The van der Waals surface area contributed by atoms with Gasteiger partial charge in [0.25, 0.3) is 5.91 Å². The summed E-state index contributed by atoms with van der Waals surface area (Å²) in [6, 6.07) is 15.1. The van der Waals surface area contributed by atoms with E-state index in [1.54, 1.807) is 7.05 Å². The number of rotatable bonds is 6. The SMILES string of the molecule is CCOc1ccc(-c2noc(CN3CC(C(=O)NC)Oc4ccccc43)n2)cc1. The molecular weight excluding hydrogens is 372 g/mol. The molecule has 1 aromatic heterocycles. The highest BCUT2D eigenvalue weighted by atomic mass is 16.5. The van der Waals surface area contributed by atoms with Crippen LogP contribution in [0.5, 0.6) is 11.5 Å². The Morgan fingerprint density at radius 1 is 1.24 bits per heavy atom. The van der Waals surface area contributed by atoms with E-state index in [1.807, 2.05) is 60.4 Å². The van der Waals surface area contributed by atoms with Crippen LogP contribution in [-0.2, 0) is 11.3 Å². The van der Waals surface area contributed by atoms with E-state index in [2.05, 4.69) is 15.5 Å². The first-order valence-electron chi connectivity index (χ1n) is 9.46. The number of amides is 1. The second-order valence-electron chi connectivity index (χ2n) is 6.54. The fraction of sp³-hybridized carbons (Fsp3) is 0.286. The van der Waals surface area contributed by atoms with Crippen molar-refractivity contribution in [2.45, 2.75) is 19.6 Å². The fourth-order valence-corrected chi connectivity index (χ4v) is 3.22. The number of carbonyl (C=O) groups is 1. The minimum atomic E-state index is -0.608. The zero-order chi connectivity index (χ0) is 20.2. The summed E-state index contributed by atoms with van der Waals surface area (Å²) in [7, 11) is 1.59. The molecule has 4 rings (SSSR count). The largest absolute Gasteiger partial charge is 0.494 e. The number of hydrogen-bond acceptors (Lipinski definition) is 7. The van der Waals surface area contributed by atoms with Crippen molar-refractivity contribution in [3.63, 3.8) is 0 Å². The summed E-state index contributed by atoms with van der Waals surface area (Å²) in [5, 5.41) is 6.73. The van der Waals surface area contributed by atoms with E-state index >= 15 is 0 Å². The molecule has 0 fully saturated rings. The summed E-state index contributed by atoms with van der Waals surface area (Å²) in [6.45, 7) is 3.32. The zero-order valence-corrected chi connectivity index (χ0v) is 16.3. The van der Waals surface area contributed by atoms with Gasteiger partial charge in [-0.25, -0.2) is 0 Å². The molecule has 0 aliphatic carbocycles. The lowest BCUT2D eigenvalue weighted by Gasteiger charge is -2.34. The van der Waals surface area contributed by atoms with Crippen molar-refractivity contribution in [2.24, 2.45) is 0 Å². The minimum absolute atomic E-state index is 0.176. The van der Waals surface area contributed by atoms with Crippen molar-refractivity contribution >= 4 is 11.6 Å². The number of para-hydroxylation sites is 2. The van der Waals surface area contributed by atoms with Crippen LogP contribution in [0.1, 0.15) is 12.8 Å². The van der Waals surface area contributed by atoms with Gasteiger partial charge in [-0.3, -0.25) is 4.79 Å². The van der Waals surface area contributed by atoms with Crippen molar-refractivity contribution in [3.8, 4) is 22.9 Å². The van der Waals surface area contributed by atoms with Gasteiger partial charge in [0.1, 0.15) is 11.5 Å². The maximum atomic E-state index is 12.1. The molecule has 8 heteroatoms. The van der Waals surface area contributed by atoms with Gasteiger partial charge in [-0.05, 0) is 43.3 Å². The van der Waals surface area contributed by atoms with Crippen molar-refractivity contribution in [3.05, 3.63) is 54.4 Å². The number of ether oxygens (including phenoxy) is 2. The third-order valence-electron chi connectivity index (χ3n) is 4.62. The van der Waals surface area contributed by atoms with Crippen LogP contribution in [0.2, 0.25) is 0 Å². The molecule has 1 amide bonds. The average molecular weight is 394 g/mol. The third kappa shape index (κ3) is 4.01. The highest BCUT2D eigenvalue weighted by molar-refractivity contribution is 5.83. The molecular formula is C21H22N4O4. The van der Waals surface area contributed by atoms with Crippen LogP contribution in [0.4, 0.5) is 5.69 Å². The first kappa shape index (κ1) is 18.8. The second kappa shape index (κ2) is 8.22. The molecule has 0 bridgehead atoms. The summed E-state index contributed by atoms with van der Waals surface area (Å²) in [4.78, 5) is 18.6. The molecule has 3 aromatic rings. The molecule has 1 aliphatic rings. The number of hydrogen-bond donors (Lipinski definition) is 1. The first-order chi connectivity index (χ1) is 14.2. The van der Waals surface area contributed by atoms with Gasteiger partial charge in [-0.1, -0.05) is 17.3 Å². The number of benzene rings is 2. The van der Waals surface area contributed by atoms with Crippen LogP contribution in [0.25, 0.3) is 11.4 Å². The van der Waals surface area contributed by atoms with Crippen LogP contribution < -0.4 is 19.7 Å². The van der Waals surface area contributed by atoms with E-state index in [1.165, 1.54) is 0 Å². The van der Waals surface area contributed by atoms with Gasteiger partial charge in [-0.15, -0.1) is 0 Å². The van der Waals surface area contributed by atoms with E-state index in [9.17, 15) is 4.79 Å². The summed E-state index contributed by atoms with van der Waals surface area (Å²) in [5.41, 5.74) is 1.72. The van der Waals surface area contributed by atoms with Crippen LogP contribution in [0, 0.1) is 0 Å². The van der Waals surface area contributed by atoms with E-state index in [0.29, 0.717) is 37.2 Å². The topological polar surface area (TPSA) is 89.7 Å². The highest BCUT2D eigenvalue weighted by Gasteiger charge is 2.31. The predicted octanol–water partition coefficient (Wildman–Crippen LogP) is 2.65. The molecule has 0 radical (unpaired) electrons. The Kier molecular flexibility index (Phi) is 5.33. The molecule has 0 saturated carbocycles. The molecule has 0 saturated heterocycles. The lowest BCUT2D eigenvalue weighted by molar-refractivity contribution is -0.127. The number of anilines is 1. The Balaban J connectivity index is 1.53. The molecule has 29 heavy (non-hydrogen) atoms. The highest BCUT2D eigenvalue weighted by Crippen LogP contribution is 2.34. The van der Waals surface area contributed by atoms with Gasteiger partial charge in [0, 0.05) is 12.6 Å². The molecule has 1 aliphatic heterocycles. The summed E-state index contributed by atoms with van der Waals surface area (Å²) >= 11 is 0. The van der Waals surface area contributed by atoms with Gasteiger partial charge in [0.2, 0.25) is 11.7 Å². The molecule has 1 atom stereocenters. The Hall–Kier alpha value is -3.55. The smallest absolute Gasteiger partial charge is 0.262 e. The summed E-state index contributed by atoms with van der Waals surface area (Å²) < 4.78 is 16.7. The monoisotopic (exact) mass is 394 g/mol. The molecule has 1 unspecified atom stereocenters. The van der Waals surface area contributed by atoms with Crippen LogP contribution >= 0.6 is 0 Å². The second-order valence-corrected chi connectivity index (χ2v) is 6.54. The Morgan fingerprint density at radius 2 is 2.03 bits per heavy atom. The van der Waals surface area contributed by atoms with Crippen molar-refractivity contribution < 1.29 is 18.8 Å². The number of fused-ring (bicyclic) bond motifs is 1. The summed E-state index contributed by atoms with van der Waals surface area (Å²) in [6.07, 6.45) is -0.608. The fourth-order valence-electron chi connectivity index (χ4n) is 3.22. The maximum Gasteiger partial charge on any atom is 0.262 e. The number of nitrogens with zero attached hydrogens (tertiary/aromatic N) is 3. The number of nitrogens with one attached hydrogen (secondary N) is 1. The van der Waals surface area contributed by atoms with Crippen LogP contribution in [-0.4, -0.2) is 42.4 Å². The standard InChI is InChI=1S/C21H22N4O4/c1-3-27-15-10-8-14(9-11-15)20-23-19(29-24-20)13-25-12-18(21(26)22-2)28-17-7-5-4-6-16(17)25/h4-11,18H,3,12-13H2,1-2H3,(H,22,26). The molecule has 0 spiro atoms. The molecule has 2 heterocycles. The van der Waals surface area contributed by atoms with E-state index in [-0.39, 0.29) is 5.91 Å². The normalized spacial score (nSPS) is 15.4. The molecule has 2 aromatic carbocycles. The average Bonchev–Trinajstić information content (AvgIpc) is 3.22. The zero-order valence-electron chi connectivity index (χ0n) is 16.3. The van der Waals surface area contributed by atoms with Crippen molar-refractivity contribution in [1.82, 2.24) is 15.5 Å². The predicted molar refractivity (Wildman–Crippen MR) is 107 cm³/mol. The lowest BCUT2D eigenvalue weighted by atomic mass is 10.1. The Labute approximate surface area is 168 Å². The summed E-state index contributed by atoms with van der Waals surface area (Å²) in [5.74, 6) is 2.24. The van der Waals surface area contributed by atoms with Gasteiger partial charge < -0.3 is 24.2 Å². The van der Waals surface area contributed by atoms with Gasteiger partial charge in [0.05, 0.1) is 25.4 Å². The molecule has 150 valence electrons. The molecule has 1 N–H and O–H groups in total. The van der Waals surface area contributed by atoms with E-state index < -0.39 is 6.10 Å². The van der Waals surface area contributed by atoms with Crippen molar-refractivity contribution in [1.29, 1.82) is 0 Å². The number of likely N-dealkylation sites (N-methyl/N-ethyl adjacent to an activating group) is 1. The van der Waals surface area contributed by atoms with Gasteiger partial charge in [0.15, 0.2) is 6.10 Å². The van der Waals surface area contributed by atoms with Crippen LogP contribution in [0.15, 0.2) is 53.1 Å². The quantitative estimate of drug-likeness (QED) is 0.687. The van der Waals surface area contributed by atoms with Gasteiger partial charge >= 0.3 is 0 Å². The Bertz CT molecular complexity index is 986. The van der Waals surface area contributed by atoms with Crippen LogP contribution in [0.3, 0.4) is 0 Å². The molecule has 8 nitrogen and oxygen atoms in total. The Morgan fingerprint density at radius 3 is 2.79 bits per heavy atom. The number of carbonyl (C=O) groups excluding carboxylic acids is 1. The first-order valence-corrected chi connectivity index (χ1v) is 9.46. The number of aromatic nitrogens is 2. The maximum absolute atomic E-state index is 12.1. The minimum Gasteiger partial charge on any atom is -0.494 e. The van der Waals surface area contributed by atoms with Gasteiger partial charge in [-0.2, -0.15) is 4.98 Å². The van der Waals surface area contributed by atoms with Crippen molar-refractivity contribution in [2.75, 3.05) is 25.1 Å². The van der Waals surface area contributed by atoms with E-state index in [4.69, 9.17) is 14.0 Å². The van der Waals surface area contributed by atoms with E-state index in [0.717, 1.165) is 17.0 Å². The lowest BCUT2D eigenvalue weighted by Crippen LogP contribution is -2.48.